The number of halogens is 6. The third kappa shape index (κ3) is 4.87. The molecule has 8 nitrogen and oxygen atoms in total. The van der Waals surface area contributed by atoms with E-state index in [4.69, 9.17) is 4.74 Å². The van der Waals surface area contributed by atoms with Crippen LogP contribution in [0.5, 0.6) is 0 Å². The van der Waals surface area contributed by atoms with Crippen LogP contribution in [-0.4, -0.2) is 61.4 Å². The van der Waals surface area contributed by atoms with Crippen LogP contribution in [0.2, 0.25) is 0 Å². The maximum absolute atomic E-state index is 13.0. The predicted molar refractivity (Wildman–Crippen MR) is 116 cm³/mol. The number of hydrogen-bond donors (Lipinski definition) is 2. The van der Waals surface area contributed by atoms with Crippen LogP contribution < -0.4 is 10.6 Å². The van der Waals surface area contributed by atoms with Crippen LogP contribution in [0, 0.1) is 0 Å². The predicted octanol–water partition coefficient (Wildman–Crippen LogP) is 3.79. The molecule has 0 unspecified atom stereocenters. The number of cyclic esters (lactones) is 1. The number of alkyl carbamates (subject to hydrolysis) is 1. The zero-order valence-corrected chi connectivity index (χ0v) is 19.5. The Hall–Kier alpha value is -3.81. The molecule has 2 N–H and O–H groups in total. The number of alkyl halides is 6. The van der Waals surface area contributed by atoms with Crippen molar-refractivity contribution < 1.29 is 54.9 Å². The van der Waals surface area contributed by atoms with Gasteiger partial charge in [-0.1, -0.05) is 48.5 Å². The highest BCUT2D eigenvalue weighted by molar-refractivity contribution is 5.86. The minimum atomic E-state index is -6.11. The maximum atomic E-state index is 13.0. The average Bonchev–Trinajstić information content (AvgIpc) is 3.36. The van der Waals surface area contributed by atoms with E-state index < -0.39 is 54.8 Å². The van der Waals surface area contributed by atoms with E-state index in [0.29, 0.717) is 0 Å². The van der Waals surface area contributed by atoms with Crippen molar-refractivity contribution in [2.24, 2.45) is 0 Å². The lowest BCUT2D eigenvalue weighted by Crippen LogP contribution is -2.58. The molecule has 1 aliphatic carbocycles. The van der Waals surface area contributed by atoms with Gasteiger partial charge in [0.2, 0.25) is 5.91 Å². The first kappa shape index (κ1) is 27.2. The van der Waals surface area contributed by atoms with Gasteiger partial charge in [0.1, 0.15) is 12.6 Å². The Labute approximate surface area is 211 Å². The number of rotatable bonds is 6. The first-order chi connectivity index (χ1) is 17.7. The van der Waals surface area contributed by atoms with Crippen molar-refractivity contribution in [2.75, 3.05) is 13.2 Å². The van der Waals surface area contributed by atoms with E-state index in [1.165, 1.54) is 6.92 Å². The Balaban J connectivity index is 1.30. The highest BCUT2D eigenvalue weighted by Gasteiger charge is 2.80. The summed E-state index contributed by atoms with van der Waals surface area (Å²) in [5, 5.41) is 4.17. The average molecular weight is 546 g/mol. The highest BCUT2D eigenvalue weighted by Crippen LogP contribution is 2.50. The van der Waals surface area contributed by atoms with Gasteiger partial charge in [-0.3, -0.25) is 4.79 Å². The molecule has 2 aromatic rings. The fraction of sp³-hybridized carbons (Fsp3) is 0.375. The molecule has 14 heteroatoms. The molecule has 0 bridgehead atoms. The summed E-state index contributed by atoms with van der Waals surface area (Å²) in [4.78, 5) is 36.2. The Morgan fingerprint density at radius 3 is 2.00 bits per heavy atom. The van der Waals surface area contributed by atoms with Gasteiger partial charge in [-0.2, -0.15) is 26.3 Å². The van der Waals surface area contributed by atoms with Gasteiger partial charge in [0.25, 0.3) is 0 Å². The molecule has 1 heterocycles. The van der Waals surface area contributed by atoms with Crippen molar-refractivity contribution >= 4 is 18.0 Å². The number of amides is 2. The van der Waals surface area contributed by atoms with Gasteiger partial charge in [-0.25, -0.2) is 9.59 Å². The van der Waals surface area contributed by atoms with Gasteiger partial charge in [0.15, 0.2) is 6.10 Å². The second kappa shape index (κ2) is 9.82. The maximum Gasteiger partial charge on any atom is 0.465 e. The molecule has 2 atom stereocenters. The molecule has 38 heavy (non-hydrogen) atoms. The summed E-state index contributed by atoms with van der Waals surface area (Å²) in [5.74, 6) is -8.38. The number of carbonyl (C=O) groups excluding carboxylic acids is 3. The molecule has 1 saturated heterocycles. The van der Waals surface area contributed by atoms with E-state index in [2.05, 4.69) is 14.8 Å². The number of hydrogen-bond acceptors (Lipinski definition) is 6. The van der Waals surface area contributed by atoms with E-state index in [-0.39, 0.29) is 12.5 Å². The van der Waals surface area contributed by atoms with E-state index in [1.807, 2.05) is 53.8 Å². The molecular weight excluding hydrogens is 526 g/mol. The number of benzene rings is 2. The quantitative estimate of drug-likeness (QED) is 0.422. The lowest BCUT2D eigenvalue weighted by Gasteiger charge is -2.30. The van der Waals surface area contributed by atoms with Crippen molar-refractivity contribution in [3.63, 3.8) is 0 Å². The number of ether oxygens (including phenoxy) is 3. The van der Waals surface area contributed by atoms with E-state index in [0.717, 1.165) is 22.3 Å². The van der Waals surface area contributed by atoms with Gasteiger partial charge < -0.3 is 24.8 Å². The molecule has 1 fully saturated rings. The van der Waals surface area contributed by atoms with Crippen LogP contribution in [-0.2, 0) is 23.8 Å². The number of fused-ring (bicyclic) bond motifs is 3. The lowest BCUT2D eigenvalue weighted by molar-refractivity contribution is -0.439. The van der Waals surface area contributed by atoms with E-state index >= 15 is 0 Å². The van der Waals surface area contributed by atoms with Crippen LogP contribution >= 0.6 is 0 Å². The van der Waals surface area contributed by atoms with Crippen LogP contribution in [0.3, 0.4) is 0 Å². The van der Waals surface area contributed by atoms with Crippen molar-refractivity contribution in [1.82, 2.24) is 10.6 Å². The summed E-state index contributed by atoms with van der Waals surface area (Å²) in [7, 11) is 0. The normalized spacial score (nSPS) is 19.2. The molecule has 4 rings (SSSR count). The van der Waals surface area contributed by atoms with Crippen molar-refractivity contribution in [3.8, 4) is 11.1 Å². The van der Waals surface area contributed by atoms with Crippen LogP contribution in [0.25, 0.3) is 11.1 Å². The molecule has 0 spiro atoms. The van der Waals surface area contributed by atoms with Gasteiger partial charge in [0.05, 0.1) is 6.54 Å². The molecule has 2 aliphatic rings. The first-order valence-electron chi connectivity index (χ1n) is 11.2. The number of esters is 1. The fourth-order valence-corrected chi connectivity index (χ4v) is 4.24. The molecule has 0 saturated carbocycles. The fourth-order valence-electron chi connectivity index (χ4n) is 4.24. The summed E-state index contributed by atoms with van der Waals surface area (Å²) in [6.45, 7) is 0.0650. The molecule has 204 valence electrons. The minimum absolute atomic E-state index is 0.0626. The second-order valence-electron chi connectivity index (χ2n) is 8.58. The highest BCUT2D eigenvalue weighted by atomic mass is 19.4. The van der Waals surface area contributed by atoms with Crippen LogP contribution in [0.1, 0.15) is 24.0 Å². The summed E-state index contributed by atoms with van der Waals surface area (Å²) < 4.78 is 90.8. The summed E-state index contributed by atoms with van der Waals surface area (Å²) in [5.41, 5.74) is 3.89. The van der Waals surface area contributed by atoms with Gasteiger partial charge >= 0.3 is 30.2 Å². The lowest BCUT2D eigenvalue weighted by atomic mass is 9.98. The van der Waals surface area contributed by atoms with E-state index in [9.17, 15) is 40.7 Å². The number of nitrogens with one attached hydrogen (secondary N) is 2. The van der Waals surface area contributed by atoms with Gasteiger partial charge in [-0.05, 0) is 29.2 Å². The summed E-state index contributed by atoms with van der Waals surface area (Å²) >= 11 is 0. The standard InChI is InChI=1S/C24H20F6N2O6/c1-12(19(33)31-10-18-20(34)38-22(37-18,23(25,26)27)24(28,29)30)32-21(35)36-11-17-15-8-4-2-6-13(15)14-7-3-5-9-16(14)17/h2-9,12,17-18H,10-11H2,1H3,(H,31,33)(H,32,35)/t12-,18-/m0/s1. The monoisotopic (exact) mass is 546 g/mol. The zero-order valence-electron chi connectivity index (χ0n) is 19.5. The Kier molecular flexibility index (Phi) is 7.03. The largest absolute Gasteiger partial charge is 0.465 e. The second-order valence-corrected chi connectivity index (χ2v) is 8.58. The minimum Gasteiger partial charge on any atom is -0.449 e. The molecule has 0 radical (unpaired) electrons. The third-order valence-electron chi connectivity index (χ3n) is 6.09. The zero-order chi connectivity index (χ0) is 27.9. The van der Waals surface area contributed by atoms with Gasteiger partial charge in [0, 0.05) is 5.92 Å². The smallest absolute Gasteiger partial charge is 0.449 e. The Bertz CT molecular complexity index is 1190. The molecular formula is C24H20F6N2O6. The van der Waals surface area contributed by atoms with Gasteiger partial charge in [-0.15, -0.1) is 0 Å². The summed E-state index contributed by atoms with van der Waals surface area (Å²) in [6, 6.07) is 13.8. The van der Waals surface area contributed by atoms with Crippen molar-refractivity contribution in [1.29, 1.82) is 0 Å². The van der Waals surface area contributed by atoms with Crippen molar-refractivity contribution in [2.45, 2.75) is 43.1 Å². The first-order valence-corrected chi connectivity index (χ1v) is 11.2. The van der Waals surface area contributed by atoms with Crippen molar-refractivity contribution in [3.05, 3.63) is 59.7 Å². The molecule has 0 aromatic heterocycles. The molecule has 2 amide bonds. The van der Waals surface area contributed by atoms with E-state index in [1.54, 1.807) is 0 Å². The third-order valence-corrected chi connectivity index (χ3v) is 6.09. The topological polar surface area (TPSA) is 103 Å². The number of carbonyl (C=O) groups is 3. The SMILES string of the molecule is C[C@H](NC(=O)OCC1c2ccccc2-c2ccccc21)C(=O)NC[C@@H]1OC(C(F)(F)F)(C(F)(F)F)OC1=O. The summed E-state index contributed by atoms with van der Waals surface area (Å²) in [6.07, 6.45) is -15.6. The Morgan fingerprint density at radius 2 is 1.50 bits per heavy atom. The molecule has 1 aliphatic heterocycles. The molecule has 2 aromatic carbocycles. The van der Waals surface area contributed by atoms with Crippen LogP contribution in [0.4, 0.5) is 31.1 Å². The van der Waals surface area contributed by atoms with Crippen LogP contribution in [0.15, 0.2) is 48.5 Å². The Morgan fingerprint density at radius 1 is 0.974 bits per heavy atom.